The Bertz CT molecular complexity index is 717. The van der Waals surface area contributed by atoms with Crippen LogP contribution in [-0.4, -0.2) is 46.0 Å². The molecule has 148 valence electrons. The summed E-state index contributed by atoms with van der Waals surface area (Å²) >= 11 is 5.85. The smallest absolute Gasteiger partial charge is 0.326 e. The second kappa shape index (κ2) is 9.36. The molecule has 9 heteroatoms. The van der Waals surface area contributed by atoms with Crippen LogP contribution in [0.2, 0.25) is 5.02 Å². The molecule has 0 radical (unpaired) electrons. The van der Waals surface area contributed by atoms with E-state index < -0.39 is 47.7 Å². The molecule has 0 bridgehead atoms. The molecule has 0 aromatic heterocycles. The summed E-state index contributed by atoms with van der Waals surface area (Å²) in [6.45, 7) is 4.79. The Hall–Kier alpha value is -2.61. The van der Waals surface area contributed by atoms with Gasteiger partial charge in [0.25, 0.3) is 0 Å². The summed E-state index contributed by atoms with van der Waals surface area (Å²) in [6.07, 6.45) is -0.658. The normalized spacial score (nSPS) is 13.3. The van der Waals surface area contributed by atoms with E-state index in [1.54, 1.807) is 38.1 Å². The molecule has 0 fully saturated rings. The number of aliphatic carboxylic acids is 2. The average Bonchev–Trinajstić information content (AvgIpc) is 2.58. The molecular weight excluding hydrogens is 376 g/mol. The molecule has 2 amide bonds. The van der Waals surface area contributed by atoms with Gasteiger partial charge in [0.05, 0.1) is 5.41 Å². The maximum absolute atomic E-state index is 12.6. The number of carboxylic acid groups (broad SMARTS) is 2. The van der Waals surface area contributed by atoms with Gasteiger partial charge in [0.1, 0.15) is 12.1 Å². The van der Waals surface area contributed by atoms with Crippen molar-refractivity contribution in [2.24, 2.45) is 0 Å². The van der Waals surface area contributed by atoms with E-state index in [4.69, 9.17) is 21.8 Å². The van der Waals surface area contributed by atoms with Gasteiger partial charge in [-0.3, -0.25) is 14.4 Å². The standard InChI is InChI=1S/C18H23ClN2O6/c1-10(15(24)21-13(16(25)26)8-9-14(22)23)20-17(27)18(2,3)11-4-6-12(19)7-5-11/h4-7,10,13H,8-9H2,1-3H3,(H,20,27)(H,21,24)(H,22,23)(H,25,26)/t10-,13+/m1/s1. The van der Waals surface area contributed by atoms with Crippen LogP contribution in [0.1, 0.15) is 39.2 Å². The Morgan fingerprint density at radius 3 is 2.11 bits per heavy atom. The van der Waals surface area contributed by atoms with E-state index in [0.29, 0.717) is 10.6 Å². The molecule has 0 saturated carbocycles. The summed E-state index contributed by atoms with van der Waals surface area (Å²) in [6, 6.07) is 4.37. The van der Waals surface area contributed by atoms with Gasteiger partial charge in [-0.15, -0.1) is 0 Å². The van der Waals surface area contributed by atoms with Crippen LogP contribution in [0.3, 0.4) is 0 Å². The van der Waals surface area contributed by atoms with Crippen molar-refractivity contribution in [3.05, 3.63) is 34.9 Å². The second-order valence-electron chi connectivity index (χ2n) is 6.66. The predicted octanol–water partition coefficient (Wildman–Crippen LogP) is 1.56. The second-order valence-corrected chi connectivity index (χ2v) is 7.10. The lowest BCUT2D eigenvalue weighted by atomic mass is 9.83. The van der Waals surface area contributed by atoms with Crippen molar-refractivity contribution < 1.29 is 29.4 Å². The van der Waals surface area contributed by atoms with Gasteiger partial charge in [0.2, 0.25) is 11.8 Å². The molecule has 0 aliphatic carbocycles. The fourth-order valence-electron chi connectivity index (χ4n) is 2.26. The average molecular weight is 399 g/mol. The van der Waals surface area contributed by atoms with Crippen LogP contribution < -0.4 is 10.6 Å². The minimum Gasteiger partial charge on any atom is -0.481 e. The molecule has 0 spiro atoms. The Kier molecular flexibility index (Phi) is 7.78. The first-order valence-electron chi connectivity index (χ1n) is 8.27. The lowest BCUT2D eigenvalue weighted by Crippen LogP contribution is -2.53. The number of carbonyl (C=O) groups excluding carboxylic acids is 2. The van der Waals surface area contributed by atoms with Crippen LogP contribution in [0.15, 0.2) is 24.3 Å². The Labute approximate surface area is 161 Å². The molecule has 4 N–H and O–H groups in total. The molecule has 2 atom stereocenters. The molecule has 0 saturated heterocycles. The SMILES string of the molecule is C[C@@H](NC(=O)C(C)(C)c1ccc(Cl)cc1)C(=O)N[C@@H](CCC(=O)O)C(=O)O. The number of halogens is 1. The highest BCUT2D eigenvalue weighted by Crippen LogP contribution is 2.25. The summed E-state index contributed by atoms with van der Waals surface area (Å²) in [5.41, 5.74) is -0.254. The van der Waals surface area contributed by atoms with E-state index in [2.05, 4.69) is 10.6 Å². The highest BCUT2D eigenvalue weighted by molar-refractivity contribution is 6.30. The molecule has 8 nitrogen and oxygen atoms in total. The van der Waals surface area contributed by atoms with Crippen LogP contribution in [0.4, 0.5) is 0 Å². The van der Waals surface area contributed by atoms with E-state index in [0.717, 1.165) is 0 Å². The Morgan fingerprint density at radius 1 is 1.07 bits per heavy atom. The number of hydrogen-bond acceptors (Lipinski definition) is 4. The lowest BCUT2D eigenvalue weighted by Gasteiger charge is -2.26. The van der Waals surface area contributed by atoms with Crippen molar-refractivity contribution in [3.8, 4) is 0 Å². The van der Waals surface area contributed by atoms with Gasteiger partial charge in [-0.05, 0) is 44.9 Å². The summed E-state index contributed by atoms with van der Waals surface area (Å²) in [5, 5.41) is 23.1. The first kappa shape index (κ1) is 22.4. The number of carboxylic acids is 2. The molecule has 1 rings (SSSR count). The van der Waals surface area contributed by atoms with Crippen molar-refractivity contribution in [1.82, 2.24) is 10.6 Å². The van der Waals surface area contributed by atoms with Crippen LogP contribution in [0.5, 0.6) is 0 Å². The van der Waals surface area contributed by atoms with E-state index in [9.17, 15) is 19.2 Å². The van der Waals surface area contributed by atoms with Crippen LogP contribution >= 0.6 is 11.6 Å². The van der Waals surface area contributed by atoms with Crippen LogP contribution in [0, 0.1) is 0 Å². The third-order valence-corrected chi connectivity index (χ3v) is 4.39. The van der Waals surface area contributed by atoms with Gasteiger partial charge in [-0.2, -0.15) is 0 Å². The third-order valence-electron chi connectivity index (χ3n) is 4.14. The minimum atomic E-state index is -1.35. The van der Waals surface area contributed by atoms with Gasteiger partial charge >= 0.3 is 11.9 Å². The largest absolute Gasteiger partial charge is 0.481 e. The zero-order valence-electron chi connectivity index (χ0n) is 15.3. The number of hydrogen-bond donors (Lipinski definition) is 4. The monoisotopic (exact) mass is 398 g/mol. The maximum atomic E-state index is 12.6. The van der Waals surface area contributed by atoms with E-state index in [1.807, 2.05) is 0 Å². The molecule has 0 unspecified atom stereocenters. The highest BCUT2D eigenvalue weighted by atomic mass is 35.5. The number of rotatable bonds is 9. The van der Waals surface area contributed by atoms with Crippen molar-refractivity contribution in [1.29, 1.82) is 0 Å². The molecule has 0 aliphatic heterocycles. The van der Waals surface area contributed by atoms with E-state index in [-0.39, 0.29) is 6.42 Å². The first-order chi connectivity index (χ1) is 12.4. The summed E-state index contributed by atoms with van der Waals surface area (Å²) in [4.78, 5) is 46.5. The quantitative estimate of drug-likeness (QED) is 0.499. The van der Waals surface area contributed by atoms with Crippen LogP contribution in [-0.2, 0) is 24.6 Å². The van der Waals surface area contributed by atoms with Gasteiger partial charge in [0, 0.05) is 11.4 Å². The Morgan fingerprint density at radius 2 is 1.63 bits per heavy atom. The first-order valence-corrected chi connectivity index (χ1v) is 8.65. The summed E-state index contributed by atoms with van der Waals surface area (Å²) < 4.78 is 0. The molecular formula is C18H23ClN2O6. The number of nitrogens with one attached hydrogen (secondary N) is 2. The molecule has 27 heavy (non-hydrogen) atoms. The van der Waals surface area contributed by atoms with Crippen molar-refractivity contribution in [2.45, 2.75) is 51.1 Å². The van der Waals surface area contributed by atoms with Crippen molar-refractivity contribution in [2.75, 3.05) is 0 Å². The molecule has 0 aliphatic rings. The summed E-state index contributed by atoms with van der Waals surface area (Å²) in [5.74, 6) is -3.65. The highest BCUT2D eigenvalue weighted by Gasteiger charge is 2.32. The minimum absolute atomic E-state index is 0.257. The molecule has 1 aromatic carbocycles. The topological polar surface area (TPSA) is 133 Å². The fourth-order valence-corrected chi connectivity index (χ4v) is 2.39. The zero-order valence-corrected chi connectivity index (χ0v) is 16.0. The maximum Gasteiger partial charge on any atom is 0.326 e. The third kappa shape index (κ3) is 6.56. The molecule has 1 aromatic rings. The van der Waals surface area contributed by atoms with E-state index >= 15 is 0 Å². The van der Waals surface area contributed by atoms with E-state index in [1.165, 1.54) is 6.92 Å². The Balaban J connectivity index is 2.74. The van der Waals surface area contributed by atoms with Gasteiger partial charge in [-0.25, -0.2) is 4.79 Å². The number of carbonyl (C=O) groups is 4. The van der Waals surface area contributed by atoms with Gasteiger partial charge in [-0.1, -0.05) is 23.7 Å². The lowest BCUT2D eigenvalue weighted by molar-refractivity contribution is -0.143. The van der Waals surface area contributed by atoms with Gasteiger partial charge < -0.3 is 20.8 Å². The van der Waals surface area contributed by atoms with Crippen molar-refractivity contribution in [3.63, 3.8) is 0 Å². The van der Waals surface area contributed by atoms with Crippen molar-refractivity contribution >= 4 is 35.4 Å². The fraction of sp³-hybridized carbons (Fsp3) is 0.444. The summed E-state index contributed by atoms with van der Waals surface area (Å²) in [7, 11) is 0. The predicted molar refractivity (Wildman–Crippen MR) is 98.5 cm³/mol. The van der Waals surface area contributed by atoms with Gasteiger partial charge in [0.15, 0.2) is 0 Å². The molecule has 0 heterocycles. The number of amides is 2. The number of benzene rings is 1. The zero-order chi connectivity index (χ0) is 20.8. The van der Waals surface area contributed by atoms with Crippen LogP contribution in [0.25, 0.3) is 0 Å².